The molecule has 3 heterocycles. The Hall–Kier alpha value is -2.53. The van der Waals surface area contributed by atoms with Crippen LogP contribution in [-0.4, -0.2) is 46.0 Å². The molecule has 3 aromatic rings. The van der Waals surface area contributed by atoms with E-state index in [9.17, 15) is 0 Å². The molecule has 1 saturated heterocycles. The SMILES string of the molecule is Cc1nc(N2CCN(Cc3ccccn3)CC2)nc2ccccc12. The number of aryl methyl sites for hydroxylation is 1. The van der Waals surface area contributed by atoms with Crippen molar-refractivity contribution in [1.82, 2.24) is 19.9 Å². The number of nitrogens with zero attached hydrogens (tertiary/aromatic N) is 5. The first-order valence-corrected chi connectivity index (χ1v) is 8.40. The van der Waals surface area contributed by atoms with Crippen LogP contribution in [0.2, 0.25) is 0 Å². The van der Waals surface area contributed by atoms with Crippen molar-refractivity contribution in [3.05, 3.63) is 60.0 Å². The van der Waals surface area contributed by atoms with Gasteiger partial charge in [-0.15, -0.1) is 0 Å². The fourth-order valence-electron chi connectivity index (χ4n) is 3.19. The molecule has 0 radical (unpaired) electrons. The predicted octanol–water partition coefficient (Wildman–Crippen LogP) is 2.66. The molecular weight excluding hydrogens is 298 g/mol. The lowest BCUT2D eigenvalue weighted by atomic mass is 10.2. The van der Waals surface area contributed by atoms with Gasteiger partial charge < -0.3 is 4.90 Å². The van der Waals surface area contributed by atoms with Gasteiger partial charge in [0.2, 0.25) is 5.95 Å². The Kier molecular flexibility index (Phi) is 4.09. The normalized spacial score (nSPS) is 15.8. The zero-order chi connectivity index (χ0) is 16.4. The number of rotatable bonds is 3. The first-order valence-electron chi connectivity index (χ1n) is 8.40. The molecule has 1 aliphatic heterocycles. The van der Waals surface area contributed by atoms with Gasteiger partial charge in [0, 0.05) is 44.3 Å². The molecule has 1 aromatic carbocycles. The molecule has 122 valence electrons. The van der Waals surface area contributed by atoms with E-state index in [2.05, 4.69) is 39.9 Å². The predicted molar refractivity (Wildman–Crippen MR) is 96.0 cm³/mol. The van der Waals surface area contributed by atoms with Gasteiger partial charge in [-0.25, -0.2) is 9.97 Å². The fraction of sp³-hybridized carbons (Fsp3) is 0.316. The Morgan fingerprint density at radius 3 is 2.50 bits per heavy atom. The molecule has 0 atom stereocenters. The van der Waals surface area contributed by atoms with Gasteiger partial charge in [-0.2, -0.15) is 0 Å². The number of fused-ring (bicyclic) bond motifs is 1. The molecule has 2 aromatic heterocycles. The maximum Gasteiger partial charge on any atom is 0.226 e. The minimum absolute atomic E-state index is 0.851. The Balaban J connectivity index is 1.46. The molecule has 4 rings (SSSR count). The van der Waals surface area contributed by atoms with Crippen molar-refractivity contribution in [2.24, 2.45) is 0 Å². The molecule has 0 unspecified atom stereocenters. The Morgan fingerprint density at radius 1 is 0.917 bits per heavy atom. The van der Waals surface area contributed by atoms with Crippen molar-refractivity contribution < 1.29 is 0 Å². The molecule has 1 aliphatic rings. The molecule has 0 amide bonds. The summed E-state index contributed by atoms with van der Waals surface area (Å²) in [6.07, 6.45) is 1.86. The molecule has 0 N–H and O–H groups in total. The molecular formula is C19H21N5. The molecule has 24 heavy (non-hydrogen) atoms. The lowest BCUT2D eigenvalue weighted by molar-refractivity contribution is 0.246. The van der Waals surface area contributed by atoms with E-state index >= 15 is 0 Å². The molecule has 0 saturated carbocycles. The number of piperazine rings is 1. The molecule has 5 heteroatoms. The minimum Gasteiger partial charge on any atom is -0.338 e. The average Bonchev–Trinajstić information content (AvgIpc) is 2.63. The van der Waals surface area contributed by atoms with E-state index in [1.54, 1.807) is 0 Å². The lowest BCUT2D eigenvalue weighted by Gasteiger charge is -2.34. The molecule has 0 spiro atoms. The van der Waals surface area contributed by atoms with Crippen LogP contribution in [0.3, 0.4) is 0 Å². The fourth-order valence-corrected chi connectivity index (χ4v) is 3.19. The minimum atomic E-state index is 0.851. The molecule has 5 nitrogen and oxygen atoms in total. The van der Waals surface area contributed by atoms with Gasteiger partial charge in [0.1, 0.15) is 0 Å². The summed E-state index contributed by atoms with van der Waals surface area (Å²) in [5, 5.41) is 1.13. The summed E-state index contributed by atoms with van der Waals surface area (Å²) >= 11 is 0. The Bertz CT molecular complexity index is 826. The second kappa shape index (κ2) is 6.53. The largest absolute Gasteiger partial charge is 0.338 e. The number of hydrogen-bond acceptors (Lipinski definition) is 5. The number of benzene rings is 1. The van der Waals surface area contributed by atoms with E-state index < -0.39 is 0 Å². The third kappa shape index (κ3) is 3.08. The van der Waals surface area contributed by atoms with E-state index in [0.717, 1.165) is 61.0 Å². The van der Waals surface area contributed by atoms with Crippen molar-refractivity contribution in [2.75, 3.05) is 31.1 Å². The summed E-state index contributed by atoms with van der Waals surface area (Å²) in [6.45, 7) is 6.88. The molecule has 0 bridgehead atoms. The first kappa shape index (κ1) is 15.0. The summed E-state index contributed by atoms with van der Waals surface area (Å²) in [5.41, 5.74) is 3.20. The van der Waals surface area contributed by atoms with Crippen molar-refractivity contribution in [1.29, 1.82) is 0 Å². The number of pyridine rings is 1. The zero-order valence-electron chi connectivity index (χ0n) is 13.9. The summed E-state index contributed by atoms with van der Waals surface area (Å²) in [6, 6.07) is 14.3. The van der Waals surface area contributed by atoms with Crippen LogP contribution in [0.15, 0.2) is 48.7 Å². The van der Waals surface area contributed by atoms with Crippen molar-refractivity contribution in [2.45, 2.75) is 13.5 Å². The Labute approximate surface area is 142 Å². The average molecular weight is 319 g/mol. The number of aromatic nitrogens is 3. The third-order valence-corrected chi connectivity index (χ3v) is 4.55. The summed E-state index contributed by atoms with van der Waals surface area (Å²) < 4.78 is 0. The van der Waals surface area contributed by atoms with E-state index in [1.807, 2.05) is 30.5 Å². The highest BCUT2D eigenvalue weighted by molar-refractivity contribution is 5.81. The van der Waals surface area contributed by atoms with Crippen molar-refractivity contribution in [3.8, 4) is 0 Å². The summed E-state index contributed by atoms with van der Waals surface area (Å²) in [7, 11) is 0. The van der Waals surface area contributed by atoms with Crippen LogP contribution in [0.25, 0.3) is 10.9 Å². The summed E-state index contributed by atoms with van der Waals surface area (Å²) in [4.78, 5) is 18.6. The second-order valence-corrected chi connectivity index (χ2v) is 6.21. The van der Waals surface area contributed by atoms with Crippen LogP contribution in [0.5, 0.6) is 0 Å². The number of para-hydroxylation sites is 1. The highest BCUT2D eigenvalue weighted by Crippen LogP contribution is 2.20. The van der Waals surface area contributed by atoms with Crippen LogP contribution < -0.4 is 4.90 Å². The molecule has 1 fully saturated rings. The van der Waals surface area contributed by atoms with Crippen LogP contribution in [-0.2, 0) is 6.54 Å². The maximum absolute atomic E-state index is 4.75. The van der Waals surface area contributed by atoms with E-state index in [0.29, 0.717) is 0 Å². The van der Waals surface area contributed by atoms with Crippen LogP contribution in [0.4, 0.5) is 5.95 Å². The van der Waals surface area contributed by atoms with Gasteiger partial charge in [0.05, 0.1) is 16.9 Å². The third-order valence-electron chi connectivity index (χ3n) is 4.55. The van der Waals surface area contributed by atoms with Gasteiger partial charge in [-0.05, 0) is 25.1 Å². The highest BCUT2D eigenvalue weighted by atomic mass is 15.3. The van der Waals surface area contributed by atoms with Gasteiger partial charge in [-0.3, -0.25) is 9.88 Å². The van der Waals surface area contributed by atoms with E-state index in [1.165, 1.54) is 0 Å². The van der Waals surface area contributed by atoms with E-state index in [4.69, 9.17) is 9.97 Å². The van der Waals surface area contributed by atoms with Crippen LogP contribution >= 0.6 is 0 Å². The number of anilines is 1. The monoisotopic (exact) mass is 319 g/mol. The quantitative estimate of drug-likeness (QED) is 0.743. The first-order chi connectivity index (χ1) is 11.8. The topological polar surface area (TPSA) is 45.2 Å². The lowest BCUT2D eigenvalue weighted by Crippen LogP contribution is -2.46. The van der Waals surface area contributed by atoms with Gasteiger partial charge in [0.15, 0.2) is 0 Å². The van der Waals surface area contributed by atoms with Crippen LogP contribution in [0, 0.1) is 6.92 Å². The van der Waals surface area contributed by atoms with Gasteiger partial charge in [0.25, 0.3) is 0 Å². The summed E-state index contributed by atoms with van der Waals surface area (Å²) in [5.74, 6) is 0.851. The van der Waals surface area contributed by atoms with Gasteiger partial charge in [-0.1, -0.05) is 24.3 Å². The van der Waals surface area contributed by atoms with Crippen LogP contribution in [0.1, 0.15) is 11.4 Å². The van der Waals surface area contributed by atoms with Gasteiger partial charge >= 0.3 is 0 Å². The second-order valence-electron chi connectivity index (χ2n) is 6.21. The smallest absolute Gasteiger partial charge is 0.226 e. The maximum atomic E-state index is 4.75. The highest BCUT2D eigenvalue weighted by Gasteiger charge is 2.20. The van der Waals surface area contributed by atoms with E-state index in [-0.39, 0.29) is 0 Å². The van der Waals surface area contributed by atoms with Crippen molar-refractivity contribution >= 4 is 16.9 Å². The molecule has 0 aliphatic carbocycles. The zero-order valence-corrected chi connectivity index (χ0v) is 13.9. The number of hydrogen-bond donors (Lipinski definition) is 0. The standard InChI is InChI=1S/C19H21N5/c1-15-17-7-2-3-8-18(17)22-19(21-15)24-12-10-23(11-13-24)14-16-6-4-5-9-20-16/h2-9H,10-14H2,1H3. The Morgan fingerprint density at radius 2 is 1.71 bits per heavy atom. The van der Waals surface area contributed by atoms with Crippen molar-refractivity contribution in [3.63, 3.8) is 0 Å².